The zero-order chi connectivity index (χ0) is 16.4. The van der Waals surface area contributed by atoms with Crippen LogP contribution in [0.2, 0.25) is 0 Å². The number of hydrogen-bond donors (Lipinski definition) is 0. The van der Waals surface area contributed by atoms with Crippen molar-refractivity contribution in [1.82, 2.24) is 0 Å². The molecule has 2 aromatic rings. The van der Waals surface area contributed by atoms with Crippen molar-refractivity contribution in [2.45, 2.75) is 5.37 Å². The lowest BCUT2D eigenvalue weighted by Gasteiger charge is -2.26. The van der Waals surface area contributed by atoms with Crippen LogP contribution < -0.4 is 14.4 Å². The van der Waals surface area contributed by atoms with Gasteiger partial charge in [0.25, 0.3) is 0 Å². The second kappa shape index (κ2) is 6.84. The van der Waals surface area contributed by atoms with Gasteiger partial charge in [-0.3, -0.25) is 9.69 Å². The highest BCUT2D eigenvalue weighted by molar-refractivity contribution is 9.10. The van der Waals surface area contributed by atoms with Crippen molar-refractivity contribution in [2.75, 3.05) is 24.9 Å². The Hall–Kier alpha value is -1.66. The van der Waals surface area contributed by atoms with E-state index in [1.54, 1.807) is 26.0 Å². The predicted octanol–water partition coefficient (Wildman–Crippen LogP) is 4.24. The third kappa shape index (κ3) is 3.05. The number of carbonyl (C=O) groups excluding carboxylic acids is 1. The van der Waals surface area contributed by atoms with E-state index < -0.39 is 0 Å². The molecule has 4 nitrogen and oxygen atoms in total. The van der Waals surface area contributed by atoms with Crippen LogP contribution in [0.25, 0.3) is 0 Å². The zero-order valence-electron chi connectivity index (χ0n) is 12.8. The molecule has 1 atom stereocenters. The molecule has 1 aliphatic rings. The Kier molecular flexibility index (Phi) is 4.82. The highest BCUT2D eigenvalue weighted by Gasteiger charge is 2.36. The van der Waals surface area contributed by atoms with E-state index in [-0.39, 0.29) is 11.3 Å². The van der Waals surface area contributed by atoms with Gasteiger partial charge >= 0.3 is 0 Å². The summed E-state index contributed by atoms with van der Waals surface area (Å²) in [6.07, 6.45) is 0. The number of thioether (sulfide) groups is 1. The average molecular weight is 394 g/mol. The van der Waals surface area contributed by atoms with Gasteiger partial charge in [0.05, 0.1) is 20.0 Å². The minimum Gasteiger partial charge on any atom is -0.493 e. The maximum absolute atomic E-state index is 12.4. The molecule has 0 radical (unpaired) electrons. The van der Waals surface area contributed by atoms with Gasteiger partial charge in [0, 0.05) is 15.7 Å². The standard InChI is InChI=1S/C17H16BrNO3S/c1-21-14-5-3-4-13(16(14)22-2)17-19(15(20)10-23-17)12-8-6-11(18)7-9-12/h3-9,17H,10H2,1-2H3/t17-/m1/s1. The van der Waals surface area contributed by atoms with Crippen LogP contribution in [0.5, 0.6) is 11.5 Å². The summed E-state index contributed by atoms with van der Waals surface area (Å²) in [6, 6.07) is 13.5. The number of rotatable bonds is 4. The molecule has 0 saturated carbocycles. The predicted molar refractivity (Wildman–Crippen MR) is 96.4 cm³/mol. The monoisotopic (exact) mass is 393 g/mol. The molecule has 23 heavy (non-hydrogen) atoms. The fourth-order valence-corrected chi connectivity index (χ4v) is 4.10. The van der Waals surface area contributed by atoms with Gasteiger partial charge in [0.1, 0.15) is 5.37 Å². The van der Waals surface area contributed by atoms with Crippen molar-refractivity contribution in [1.29, 1.82) is 0 Å². The van der Waals surface area contributed by atoms with Crippen LogP contribution in [-0.4, -0.2) is 25.9 Å². The SMILES string of the molecule is COc1cccc([C@H]2SCC(=O)N2c2ccc(Br)cc2)c1OC. The van der Waals surface area contributed by atoms with Crippen LogP contribution in [0.1, 0.15) is 10.9 Å². The molecule has 0 N–H and O–H groups in total. The number of carbonyl (C=O) groups is 1. The van der Waals surface area contributed by atoms with Crippen molar-refractivity contribution < 1.29 is 14.3 Å². The first-order valence-corrected chi connectivity index (χ1v) is 8.90. The molecule has 0 spiro atoms. The van der Waals surface area contributed by atoms with E-state index in [0.29, 0.717) is 17.3 Å². The molecule has 1 aliphatic heterocycles. The molecular formula is C17H16BrNO3S. The van der Waals surface area contributed by atoms with E-state index in [0.717, 1.165) is 15.7 Å². The molecule has 0 bridgehead atoms. The second-order valence-corrected chi connectivity index (χ2v) is 6.97. The van der Waals surface area contributed by atoms with E-state index in [2.05, 4.69) is 15.9 Å². The molecule has 3 rings (SSSR count). The Morgan fingerprint density at radius 1 is 1.13 bits per heavy atom. The number of amides is 1. The zero-order valence-corrected chi connectivity index (χ0v) is 15.2. The summed E-state index contributed by atoms with van der Waals surface area (Å²) in [4.78, 5) is 14.2. The fourth-order valence-electron chi connectivity index (χ4n) is 2.64. The second-order valence-electron chi connectivity index (χ2n) is 4.99. The van der Waals surface area contributed by atoms with Gasteiger partial charge < -0.3 is 9.47 Å². The molecule has 120 valence electrons. The normalized spacial score (nSPS) is 17.4. The van der Waals surface area contributed by atoms with Crippen LogP contribution in [0, 0.1) is 0 Å². The highest BCUT2D eigenvalue weighted by atomic mass is 79.9. The van der Waals surface area contributed by atoms with Crippen molar-refractivity contribution in [3.05, 3.63) is 52.5 Å². The summed E-state index contributed by atoms with van der Waals surface area (Å²) in [5.41, 5.74) is 1.81. The minimum atomic E-state index is -0.131. The van der Waals surface area contributed by atoms with Crippen LogP contribution in [0.15, 0.2) is 46.9 Å². The van der Waals surface area contributed by atoms with E-state index in [4.69, 9.17) is 9.47 Å². The minimum absolute atomic E-state index is 0.0900. The summed E-state index contributed by atoms with van der Waals surface area (Å²) < 4.78 is 11.9. The first kappa shape index (κ1) is 16.2. The Morgan fingerprint density at radius 2 is 1.87 bits per heavy atom. The highest BCUT2D eigenvalue weighted by Crippen LogP contribution is 2.47. The first-order valence-electron chi connectivity index (χ1n) is 7.06. The molecular weight excluding hydrogens is 378 g/mol. The smallest absolute Gasteiger partial charge is 0.238 e. The summed E-state index contributed by atoms with van der Waals surface area (Å²) in [5.74, 6) is 1.87. The van der Waals surface area contributed by atoms with E-state index in [1.807, 2.05) is 47.4 Å². The third-order valence-corrected chi connectivity index (χ3v) is 5.39. The third-order valence-electron chi connectivity index (χ3n) is 3.67. The van der Waals surface area contributed by atoms with Gasteiger partial charge in [-0.15, -0.1) is 11.8 Å². The Balaban J connectivity index is 2.05. The molecule has 0 aliphatic carbocycles. The Bertz CT molecular complexity index is 720. The maximum atomic E-state index is 12.4. The quantitative estimate of drug-likeness (QED) is 0.778. The van der Waals surface area contributed by atoms with Crippen molar-refractivity contribution in [2.24, 2.45) is 0 Å². The van der Waals surface area contributed by atoms with E-state index in [1.165, 1.54) is 0 Å². The Morgan fingerprint density at radius 3 is 2.52 bits per heavy atom. The van der Waals surface area contributed by atoms with Gasteiger partial charge in [0.15, 0.2) is 11.5 Å². The van der Waals surface area contributed by atoms with E-state index in [9.17, 15) is 4.79 Å². The van der Waals surface area contributed by atoms with Gasteiger partial charge in [-0.05, 0) is 30.3 Å². The van der Waals surface area contributed by atoms with E-state index >= 15 is 0 Å². The summed E-state index contributed by atoms with van der Waals surface area (Å²) in [5, 5.41) is -0.131. The maximum Gasteiger partial charge on any atom is 0.238 e. The molecule has 1 heterocycles. The van der Waals surface area contributed by atoms with Crippen LogP contribution in [0.3, 0.4) is 0 Å². The molecule has 0 aromatic heterocycles. The summed E-state index contributed by atoms with van der Waals surface area (Å²) in [6.45, 7) is 0. The van der Waals surface area contributed by atoms with Gasteiger partial charge in [-0.1, -0.05) is 28.1 Å². The lowest BCUT2D eigenvalue weighted by atomic mass is 10.1. The molecule has 2 aromatic carbocycles. The lowest BCUT2D eigenvalue weighted by Crippen LogP contribution is -2.28. The summed E-state index contributed by atoms with van der Waals surface area (Å²) >= 11 is 5.01. The number of ether oxygens (including phenoxy) is 2. The fraction of sp³-hybridized carbons (Fsp3) is 0.235. The largest absolute Gasteiger partial charge is 0.493 e. The van der Waals surface area contributed by atoms with Crippen molar-refractivity contribution >= 4 is 39.3 Å². The number of anilines is 1. The average Bonchev–Trinajstić information content (AvgIpc) is 2.96. The number of para-hydroxylation sites is 1. The van der Waals surface area contributed by atoms with Gasteiger partial charge in [-0.2, -0.15) is 0 Å². The topological polar surface area (TPSA) is 38.8 Å². The number of benzene rings is 2. The van der Waals surface area contributed by atoms with Crippen molar-refractivity contribution in [3.63, 3.8) is 0 Å². The first-order chi connectivity index (χ1) is 11.2. The van der Waals surface area contributed by atoms with Crippen LogP contribution >= 0.6 is 27.7 Å². The van der Waals surface area contributed by atoms with Crippen molar-refractivity contribution in [3.8, 4) is 11.5 Å². The molecule has 0 unspecified atom stereocenters. The molecule has 1 amide bonds. The van der Waals surface area contributed by atoms with Crippen LogP contribution in [0.4, 0.5) is 5.69 Å². The summed E-state index contributed by atoms with van der Waals surface area (Å²) in [7, 11) is 3.23. The molecule has 1 fully saturated rings. The molecule has 6 heteroatoms. The lowest BCUT2D eigenvalue weighted by molar-refractivity contribution is -0.115. The number of halogens is 1. The number of hydrogen-bond acceptors (Lipinski definition) is 4. The van der Waals surface area contributed by atoms with Crippen LogP contribution in [-0.2, 0) is 4.79 Å². The van der Waals surface area contributed by atoms with Gasteiger partial charge in [0.2, 0.25) is 5.91 Å². The number of nitrogens with zero attached hydrogens (tertiary/aromatic N) is 1. The molecule has 1 saturated heterocycles. The van der Waals surface area contributed by atoms with Gasteiger partial charge in [-0.25, -0.2) is 0 Å². The number of methoxy groups -OCH3 is 2. The Labute approximate surface area is 147 Å².